The minimum atomic E-state index is -4.48. The molecule has 9 heteroatoms. The van der Waals surface area contributed by atoms with E-state index >= 15 is 0 Å². The number of halogens is 3. The molecule has 0 unspecified atom stereocenters. The summed E-state index contributed by atoms with van der Waals surface area (Å²) in [7, 11) is 0. The minimum Gasteiger partial charge on any atom is -0.427 e. The van der Waals surface area contributed by atoms with Crippen LogP contribution in [0.3, 0.4) is 0 Å². The van der Waals surface area contributed by atoms with Crippen molar-refractivity contribution in [2.24, 2.45) is 0 Å². The lowest BCUT2D eigenvalue weighted by atomic mass is 10.1. The number of rotatable bonds is 6. The van der Waals surface area contributed by atoms with Crippen LogP contribution in [0.1, 0.15) is 38.8 Å². The van der Waals surface area contributed by atoms with E-state index in [1.807, 2.05) is 0 Å². The van der Waals surface area contributed by atoms with Gasteiger partial charge in [0.25, 0.3) is 11.8 Å². The Morgan fingerprint density at radius 1 is 0.848 bits per heavy atom. The van der Waals surface area contributed by atoms with Crippen LogP contribution in [-0.4, -0.2) is 17.8 Å². The van der Waals surface area contributed by atoms with Crippen LogP contribution in [0.25, 0.3) is 0 Å². The monoisotopic (exact) mass is 456 g/mol. The largest absolute Gasteiger partial charge is 0.427 e. The van der Waals surface area contributed by atoms with E-state index in [9.17, 15) is 27.6 Å². The van der Waals surface area contributed by atoms with E-state index in [1.165, 1.54) is 13.0 Å². The van der Waals surface area contributed by atoms with Crippen molar-refractivity contribution in [2.75, 3.05) is 5.32 Å². The lowest BCUT2D eigenvalue weighted by Gasteiger charge is -2.10. The van der Waals surface area contributed by atoms with Crippen LogP contribution < -0.4 is 15.4 Å². The van der Waals surface area contributed by atoms with E-state index in [1.54, 1.807) is 42.5 Å². The molecule has 33 heavy (non-hydrogen) atoms. The molecule has 0 saturated heterocycles. The number of alkyl halides is 3. The highest BCUT2D eigenvalue weighted by molar-refractivity contribution is 6.04. The van der Waals surface area contributed by atoms with Gasteiger partial charge in [-0.3, -0.25) is 14.4 Å². The summed E-state index contributed by atoms with van der Waals surface area (Å²) in [5.41, 5.74) is 0.651. The average Bonchev–Trinajstić information content (AvgIpc) is 2.77. The molecule has 3 aromatic carbocycles. The Balaban J connectivity index is 1.61. The predicted molar refractivity (Wildman–Crippen MR) is 115 cm³/mol. The fourth-order valence-corrected chi connectivity index (χ4v) is 2.92. The van der Waals surface area contributed by atoms with Crippen molar-refractivity contribution >= 4 is 23.5 Å². The second kappa shape index (κ2) is 9.99. The van der Waals surface area contributed by atoms with Crippen LogP contribution in [0.15, 0.2) is 72.8 Å². The maximum atomic E-state index is 12.7. The molecule has 6 nitrogen and oxygen atoms in total. The lowest BCUT2D eigenvalue weighted by molar-refractivity contribution is -0.137. The zero-order valence-corrected chi connectivity index (χ0v) is 17.4. The van der Waals surface area contributed by atoms with Gasteiger partial charge in [0.2, 0.25) is 0 Å². The molecule has 0 radical (unpaired) electrons. The molecule has 0 aromatic heterocycles. The predicted octanol–water partition coefficient (Wildman–Crippen LogP) is 4.81. The first-order valence-corrected chi connectivity index (χ1v) is 9.76. The molecule has 0 saturated carbocycles. The normalized spacial score (nSPS) is 10.9. The number of ether oxygens (including phenoxy) is 1. The first-order valence-electron chi connectivity index (χ1n) is 9.76. The molecule has 170 valence electrons. The van der Waals surface area contributed by atoms with Gasteiger partial charge in [-0.1, -0.05) is 18.2 Å². The number of hydrogen-bond donors (Lipinski definition) is 2. The molecule has 0 spiro atoms. The van der Waals surface area contributed by atoms with E-state index in [0.717, 1.165) is 24.3 Å². The highest BCUT2D eigenvalue weighted by atomic mass is 19.4. The summed E-state index contributed by atoms with van der Waals surface area (Å²) >= 11 is 0. The first kappa shape index (κ1) is 23.5. The summed E-state index contributed by atoms with van der Waals surface area (Å²) in [5, 5.41) is 5.35. The molecule has 0 aliphatic carbocycles. The lowest BCUT2D eigenvalue weighted by Crippen LogP contribution is -2.23. The van der Waals surface area contributed by atoms with E-state index in [0.29, 0.717) is 16.8 Å². The van der Waals surface area contributed by atoms with E-state index in [2.05, 4.69) is 10.6 Å². The molecule has 0 fully saturated rings. The van der Waals surface area contributed by atoms with E-state index < -0.39 is 23.6 Å². The Morgan fingerprint density at radius 3 is 2.21 bits per heavy atom. The van der Waals surface area contributed by atoms with Crippen LogP contribution in [-0.2, 0) is 17.5 Å². The fraction of sp³-hybridized carbons (Fsp3) is 0.125. The third-order valence-electron chi connectivity index (χ3n) is 4.47. The zero-order valence-electron chi connectivity index (χ0n) is 17.4. The van der Waals surface area contributed by atoms with Crippen molar-refractivity contribution in [2.45, 2.75) is 19.6 Å². The molecule has 0 bridgehead atoms. The molecule has 0 aliphatic heterocycles. The van der Waals surface area contributed by atoms with Crippen molar-refractivity contribution < 1.29 is 32.3 Å². The second-order valence-electron chi connectivity index (χ2n) is 7.03. The maximum absolute atomic E-state index is 12.7. The summed E-state index contributed by atoms with van der Waals surface area (Å²) in [6.07, 6.45) is -4.48. The van der Waals surface area contributed by atoms with E-state index in [4.69, 9.17) is 4.74 Å². The number of amides is 2. The number of nitrogens with one attached hydrogen (secondary N) is 2. The van der Waals surface area contributed by atoms with Crippen molar-refractivity contribution in [1.82, 2.24) is 5.32 Å². The zero-order chi connectivity index (χ0) is 24.0. The van der Waals surface area contributed by atoms with Gasteiger partial charge < -0.3 is 15.4 Å². The highest BCUT2D eigenvalue weighted by Crippen LogP contribution is 2.29. The van der Waals surface area contributed by atoms with Crippen LogP contribution >= 0.6 is 0 Å². The summed E-state index contributed by atoms with van der Waals surface area (Å²) in [6.45, 7) is 1.41. The topological polar surface area (TPSA) is 84.5 Å². The van der Waals surface area contributed by atoms with Gasteiger partial charge in [0, 0.05) is 30.3 Å². The maximum Gasteiger partial charge on any atom is 0.416 e. The minimum absolute atomic E-state index is 0.0781. The first-order chi connectivity index (χ1) is 15.6. The summed E-state index contributed by atoms with van der Waals surface area (Å²) < 4.78 is 43.0. The Morgan fingerprint density at radius 2 is 1.55 bits per heavy atom. The van der Waals surface area contributed by atoms with Crippen molar-refractivity contribution in [1.29, 1.82) is 0 Å². The van der Waals surface area contributed by atoms with E-state index in [-0.39, 0.29) is 23.8 Å². The Bertz CT molecular complexity index is 1170. The molecule has 0 heterocycles. The third kappa shape index (κ3) is 6.67. The number of carbonyl (C=O) groups excluding carboxylic acids is 3. The summed E-state index contributed by atoms with van der Waals surface area (Å²) in [5.74, 6) is -1.19. The standard InChI is InChI=1S/C24H19F3N2O4/c1-15(30)33-21-7-3-5-18(13-21)22(31)28-14-16-4-2-6-20(12-16)29-23(32)17-8-10-19(11-9-17)24(25,26)27/h2-13H,14H2,1H3,(H,28,31)(H,29,32). The van der Waals surface area contributed by atoms with Crippen molar-refractivity contribution in [3.8, 4) is 5.75 Å². The van der Waals surface area contributed by atoms with Gasteiger partial charge >= 0.3 is 12.1 Å². The van der Waals surface area contributed by atoms with Gasteiger partial charge in [0.05, 0.1) is 5.56 Å². The van der Waals surface area contributed by atoms with Crippen molar-refractivity contribution in [3.05, 3.63) is 95.1 Å². The average molecular weight is 456 g/mol. The molecule has 2 N–H and O–H groups in total. The molecule has 3 aromatic rings. The van der Waals surface area contributed by atoms with Gasteiger partial charge in [0.1, 0.15) is 5.75 Å². The van der Waals surface area contributed by atoms with Crippen LogP contribution in [0.4, 0.5) is 18.9 Å². The Kier molecular flexibility index (Phi) is 7.12. The molecule has 0 atom stereocenters. The van der Waals surface area contributed by atoms with Gasteiger partial charge in [-0.05, 0) is 60.2 Å². The summed E-state index contributed by atoms with van der Waals surface area (Å²) in [6, 6.07) is 16.7. The summed E-state index contributed by atoms with van der Waals surface area (Å²) in [4.78, 5) is 35.8. The molecule has 0 aliphatic rings. The SMILES string of the molecule is CC(=O)Oc1cccc(C(=O)NCc2cccc(NC(=O)c3ccc(C(F)(F)F)cc3)c2)c1. The Hall–Kier alpha value is -4.14. The van der Waals surface area contributed by atoms with Gasteiger partial charge in [-0.25, -0.2) is 0 Å². The van der Waals surface area contributed by atoms with Gasteiger partial charge in [-0.2, -0.15) is 13.2 Å². The van der Waals surface area contributed by atoms with Crippen LogP contribution in [0, 0.1) is 0 Å². The quantitative estimate of drug-likeness (QED) is 0.412. The smallest absolute Gasteiger partial charge is 0.416 e. The number of anilines is 1. The van der Waals surface area contributed by atoms with Gasteiger partial charge in [0.15, 0.2) is 0 Å². The third-order valence-corrected chi connectivity index (χ3v) is 4.47. The number of hydrogen-bond acceptors (Lipinski definition) is 4. The second-order valence-corrected chi connectivity index (χ2v) is 7.03. The van der Waals surface area contributed by atoms with Crippen molar-refractivity contribution in [3.63, 3.8) is 0 Å². The molecular weight excluding hydrogens is 437 g/mol. The number of esters is 1. The Labute approximate surface area is 187 Å². The molecule has 2 amide bonds. The number of carbonyl (C=O) groups is 3. The number of benzene rings is 3. The van der Waals surface area contributed by atoms with Gasteiger partial charge in [-0.15, -0.1) is 0 Å². The molecular formula is C24H19F3N2O4. The van der Waals surface area contributed by atoms with Crippen LogP contribution in [0.5, 0.6) is 5.75 Å². The molecule has 3 rings (SSSR count). The fourth-order valence-electron chi connectivity index (χ4n) is 2.92. The van der Waals surface area contributed by atoms with Crippen LogP contribution in [0.2, 0.25) is 0 Å². The highest BCUT2D eigenvalue weighted by Gasteiger charge is 2.30.